The molecule has 0 saturated carbocycles. The molecule has 0 aliphatic carbocycles. The van der Waals surface area contributed by atoms with Gasteiger partial charge in [-0.2, -0.15) is 0 Å². The number of aryl methyl sites for hydroxylation is 5. The first-order valence-corrected chi connectivity index (χ1v) is 34.5. The highest BCUT2D eigenvalue weighted by molar-refractivity contribution is 14.1. The number of carboxylic acid groups (broad SMARTS) is 1. The number of anilines is 4. The number of benzene rings is 6. The molecular formula is C72H71Cl2IN12O7S2. The number of aromatic nitrogens is 6. The highest BCUT2D eigenvalue weighted by atomic mass is 127. The smallest absolute Gasteiger partial charge is 0.306 e. The number of amides is 1. The number of ether oxygens (including phenoxy) is 4. The number of nitrogens with two attached hydrogens (primary N) is 3. The third-order valence-electron chi connectivity index (χ3n) is 17.6. The molecule has 6 aliphatic heterocycles. The van der Waals surface area contributed by atoms with Crippen molar-refractivity contribution in [2.24, 2.45) is 9.98 Å². The number of carbonyl (C=O) groups excluding carboxylic acids is 1. The zero-order valence-corrected chi connectivity index (χ0v) is 59.5. The monoisotopic (exact) mass is 1480 g/mol. The maximum atomic E-state index is 13.4. The number of rotatable bonds is 7. The summed E-state index contributed by atoms with van der Waals surface area (Å²) >= 11 is 17.8. The molecule has 0 radical (unpaired) electrons. The van der Waals surface area contributed by atoms with Gasteiger partial charge in [0.1, 0.15) is 33.7 Å². The summed E-state index contributed by atoms with van der Waals surface area (Å²) in [6.45, 7) is 21.8. The molecule has 8 N–H and O–H groups in total. The minimum Gasteiger partial charge on any atom is -0.481 e. The minimum absolute atomic E-state index is 0.128. The summed E-state index contributed by atoms with van der Waals surface area (Å²) in [5, 5.41) is 33.1. The first kappa shape index (κ1) is 67.8. The van der Waals surface area contributed by atoms with Crippen LogP contribution in [0, 0.1) is 59.0 Å². The number of hydrogen-bond acceptors (Lipinski definition) is 17. The van der Waals surface area contributed by atoms with Crippen LogP contribution in [0.2, 0.25) is 10.0 Å². The van der Waals surface area contributed by atoms with Crippen LogP contribution in [0.3, 0.4) is 0 Å². The molecule has 0 bridgehead atoms. The Bertz CT molecular complexity index is 4700. The fourth-order valence-electron chi connectivity index (χ4n) is 12.1. The number of thiophene rings is 2. The Morgan fingerprint density at radius 3 is 1.54 bits per heavy atom. The Labute approximate surface area is 587 Å². The van der Waals surface area contributed by atoms with Crippen LogP contribution >= 0.6 is 68.5 Å². The maximum absolute atomic E-state index is 13.4. The molecule has 494 valence electrons. The quantitative estimate of drug-likeness (QED) is 0.0734. The first-order chi connectivity index (χ1) is 46.1. The van der Waals surface area contributed by atoms with Crippen LogP contribution in [0.15, 0.2) is 113 Å². The fraction of sp³-hybridized carbons (Fsp3) is 0.278. The molecule has 6 aliphatic rings. The highest BCUT2D eigenvalue weighted by Crippen LogP contribution is 2.42. The Balaban J connectivity index is 0.000000128. The van der Waals surface area contributed by atoms with Gasteiger partial charge in [-0.25, -0.2) is 0 Å². The zero-order valence-electron chi connectivity index (χ0n) is 54.2. The van der Waals surface area contributed by atoms with E-state index in [0.717, 1.165) is 144 Å². The number of carbonyl (C=O) groups is 2. The van der Waals surface area contributed by atoms with Crippen molar-refractivity contribution >= 4 is 115 Å². The van der Waals surface area contributed by atoms with Crippen molar-refractivity contribution in [1.82, 2.24) is 29.5 Å². The average Bonchev–Trinajstić information content (AvgIpc) is 1.60. The third-order valence-corrected chi connectivity index (χ3v) is 21.4. The van der Waals surface area contributed by atoms with Crippen molar-refractivity contribution in [3.8, 4) is 10.0 Å². The molecular weight excluding hydrogens is 1410 g/mol. The van der Waals surface area contributed by atoms with Crippen LogP contribution in [0.1, 0.15) is 147 Å². The molecule has 16 rings (SSSR count). The molecule has 6 aromatic carbocycles. The highest BCUT2D eigenvalue weighted by Gasteiger charge is 2.35. The van der Waals surface area contributed by atoms with Crippen LogP contribution in [0.4, 0.5) is 22.7 Å². The number of aliphatic carboxylic acids is 1. The zero-order chi connectivity index (χ0) is 67.8. The molecule has 2 atom stereocenters. The van der Waals surface area contributed by atoms with Crippen molar-refractivity contribution in [3.63, 3.8) is 0 Å². The molecule has 19 nitrogen and oxygen atoms in total. The van der Waals surface area contributed by atoms with Crippen LogP contribution in [-0.4, -0.2) is 57.9 Å². The maximum Gasteiger partial charge on any atom is 0.306 e. The van der Waals surface area contributed by atoms with E-state index in [-0.39, 0.29) is 18.7 Å². The summed E-state index contributed by atoms with van der Waals surface area (Å²) in [5.74, 6) is 1.65. The Hall–Kier alpha value is -8.17. The normalized spacial score (nSPS) is 15.6. The van der Waals surface area contributed by atoms with Gasteiger partial charge in [0.25, 0.3) is 0 Å². The second-order valence-corrected chi connectivity index (χ2v) is 28.6. The number of hydrogen-bond donors (Lipinski definition) is 5. The second-order valence-electron chi connectivity index (χ2n) is 24.2. The van der Waals surface area contributed by atoms with E-state index >= 15 is 0 Å². The molecule has 1 amide bonds. The van der Waals surface area contributed by atoms with Crippen molar-refractivity contribution in [2.75, 3.05) is 22.5 Å². The van der Waals surface area contributed by atoms with Gasteiger partial charge in [-0.1, -0.05) is 65.7 Å². The average molecular weight is 1480 g/mol. The summed E-state index contributed by atoms with van der Waals surface area (Å²) in [6, 6.07) is 32.1. The number of nitrogens with zero attached hydrogens (tertiary/aromatic N) is 8. The molecule has 96 heavy (non-hydrogen) atoms. The van der Waals surface area contributed by atoms with Gasteiger partial charge in [0, 0.05) is 68.4 Å². The number of halogens is 3. The molecule has 24 heteroatoms. The van der Waals surface area contributed by atoms with E-state index in [1.807, 2.05) is 123 Å². The van der Waals surface area contributed by atoms with Gasteiger partial charge in [0.2, 0.25) is 5.91 Å². The summed E-state index contributed by atoms with van der Waals surface area (Å²) in [4.78, 5) is 37.3. The van der Waals surface area contributed by atoms with Crippen molar-refractivity contribution in [2.45, 2.75) is 133 Å². The Morgan fingerprint density at radius 2 is 1.00 bits per heavy atom. The second kappa shape index (κ2) is 28.9. The lowest BCUT2D eigenvalue weighted by Gasteiger charge is -2.15. The van der Waals surface area contributed by atoms with Crippen LogP contribution in [0.25, 0.3) is 10.0 Å². The van der Waals surface area contributed by atoms with E-state index in [1.54, 1.807) is 22.7 Å². The largest absolute Gasteiger partial charge is 0.481 e. The molecule has 0 fully saturated rings. The molecule has 10 heterocycles. The summed E-state index contributed by atoms with van der Waals surface area (Å²) in [6.07, 6.45) is -0.0165. The molecule has 4 aromatic heterocycles. The number of aliphatic imine (C=N–C) groups is 2. The van der Waals surface area contributed by atoms with Gasteiger partial charge in [0.05, 0.1) is 77.1 Å². The van der Waals surface area contributed by atoms with E-state index in [1.165, 1.54) is 54.3 Å². The number of nitrogen functional groups attached to an aromatic ring is 3. The van der Waals surface area contributed by atoms with Crippen molar-refractivity contribution in [3.05, 3.63) is 239 Å². The van der Waals surface area contributed by atoms with Crippen molar-refractivity contribution < 1.29 is 33.6 Å². The molecule has 0 saturated heterocycles. The first-order valence-electron chi connectivity index (χ1n) is 31.1. The molecule has 0 unspecified atom stereocenters. The summed E-state index contributed by atoms with van der Waals surface area (Å²) in [5.41, 5.74) is 40.2. The minimum atomic E-state index is -0.926. The summed E-state index contributed by atoms with van der Waals surface area (Å²) < 4.78 is 26.4. The van der Waals surface area contributed by atoms with Gasteiger partial charge in [-0.05, 0) is 205 Å². The standard InChI is InChI=1S/C28H26ClN5O2S.C19H17ClN4O2S.C9H11NO.C8H8INO.C8H9NO/c1-14-9-19-12-36-13-20(19)10-22(14)30-24(35)11-23-27-33-32-17(4)34(27)28-25(15(2)16(3)37-28)26(31-23)18-5-7-21(29)8-6-18;1-9-10(2)27-19-16(9)17(12-4-6-13(20)7-5-12)21-14(8-15(25)26)18-23-22-11(3)24(18)19;1-6-8-5-11-4-7(8)2-3-9(6)10;9-7-1-5-3-11-4-6(5)2-8(7)10;9-8-2-1-6-4-10-5-7(6)3-8/h5-10,23H,11-13H2,1-4H3,(H,30,35);4-7,14H,8H2,1-3H3,(H,25,26);2-3H,4-5,10H2,1H3;1-2H,3-4,10H2;1-3H,4-5,9H2/t23-;14-;;;/m00.../s1. The van der Waals surface area contributed by atoms with Gasteiger partial charge in [-0.15, -0.1) is 43.1 Å². The topological polar surface area (TPSA) is 268 Å². The van der Waals surface area contributed by atoms with E-state index in [9.17, 15) is 14.7 Å². The van der Waals surface area contributed by atoms with Gasteiger partial charge >= 0.3 is 5.97 Å². The lowest BCUT2D eigenvalue weighted by Crippen LogP contribution is -2.18. The number of nitrogens with one attached hydrogen (secondary N) is 1. The molecule has 10 aromatic rings. The van der Waals surface area contributed by atoms with Crippen LogP contribution in [-0.2, 0) is 81.4 Å². The van der Waals surface area contributed by atoms with Crippen molar-refractivity contribution in [1.29, 1.82) is 0 Å². The fourth-order valence-corrected chi connectivity index (χ4v) is 15.3. The van der Waals surface area contributed by atoms with E-state index in [0.29, 0.717) is 34.9 Å². The van der Waals surface area contributed by atoms with Gasteiger partial charge < -0.3 is 46.6 Å². The van der Waals surface area contributed by atoms with E-state index in [4.69, 9.17) is 69.3 Å². The lowest BCUT2D eigenvalue weighted by molar-refractivity contribution is -0.137. The predicted octanol–water partition coefficient (Wildman–Crippen LogP) is 15.3. The lowest BCUT2D eigenvalue weighted by atomic mass is 9.99. The summed E-state index contributed by atoms with van der Waals surface area (Å²) in [7, 11) is 0. The van der Waals surface area contributed by atoms with E-state index < -0.39 is 18.1 Å². The number of carboxylic acids is 1. The van der Waals surface area contributed by atoms with Gasteiger partial charge in [0.15, 0.2) is 11.6 Å². The van der Waals surface area contributed by atoms with Gasteiger partial charge in [-0.3, -0.25) is 28.7 Å². The van der Waals surface area contributed by atoms with E-state index in [2.05, 4.69) is 92.7 Å². The molecule has 0 spiro atoms. The Kier molecular flexibility index (Phi) is 20.4. The van der Waals surface area contributed by atoms with Crippen LogP contribution < -0.4 is 22.5 Å². The van der Waals surface area contributed by atoms with Crippen LogP contribution in [0.5, 0.6) is 0 Å². The number of fused-ring (bicyclic) bond motifs is 10. The third kappa shape index (κ3) is 14.3. The Morgan fingerprint density at radius 1 is 0.542 bits per heavy atom. The predicted molar refractivity (Wildman–Crippen MR) is 387 cm³/mol. The SMILES string of the molecule is Cc1c(N)ccc2c1COC2.Cc1cc2c(cc1NC(=O)C[C@@H]1N=C(c3ccc(Cl)cc3)c3c(sc(C)c3C)-n3c(C)nnc31)COC2.Cc1sc2c(c1C)C(c1ccc(Cl)cc1)=N[C@@H](CC(=O)O)c1nnc(C)n1-2.Nc1cc2c(cc1I)COC2.Nc1ccc2c(c1)COC2.